The van der Waals surface area contributed by atoms with Gasteiger partial charge in [-0.1, -0.05) is 28.1 Å². The minimum Gasteiger partial charge on any atom is -0.474 e. The summed E-state index contributed by atoms with van der Waals surface area (Å²) >= 11 is 3.57. The molecule has 0 bridgehead atoms. The molecule has 1 aliphatic rings. The van der Waals surface area contributed by atoms with Gasteiger partial charge in [-0.15, -0.1) is 0 Å². The normalized spacial score (nSPS) is 15.5. The van der Waals surface area contributed by atoms with E-state index in [0.29, 0.717) is 11.8 Å². The predicted molar refractivity (Wildman–Crippen MR) is 97.7 cm³/mol. The van der Waals surface area contributed by atoms with Gasteiger partial charge in [-0.3, -0.25) is 4.98 Å². The van der Waals surface area contributed by atoms with Gasteiger partial charge in [-0.05, 0) is 42.9 Å². The smallest absolute Gasteiger partial charge is 0.234 e. The predicted octanol–water partition coefficient (Wildman–Crippen LogP) is 3.30. The average Bonchev–Trinajstić information content (AvgIpc) is 2.63. The Morgan fingerprint density at radius 2 is 2.08 bits per heavy atom. The lowest BCUT2D eigenvalue weighted by atomic mass is 9.89. The molecule has 0 spiro atoms. The Labute approximate surface area is 150 Å². The molecular weight excluding hydrogens is 370 g/mol. The van der Waals surface area contributed by atoms with Gasteiger partial charge in [0.25, 0.3) is 0 Å². The zero-order valence-corrected chi connectivity index (χ0v) is 15.4. The third-order valence-corrected chi connectivity index (χ3v) is 5.30. The van der Waals surface area contributed by atoms with Crippen molar-refractivity contribution in [2.75, 3.05) is 31.2 Å². The molecule has 1 N–H and O–H groups in total. The summed E-state index contributed by atoms with van der Waals surface area (Å²) in [4.78, 5) is 10.9. The van der Waals surface area contributed by atoms with Crippen molar-refractivity contribution in [3.8, 4) is 5.88 Å². The van der Waals surface area contributed by atoms with Crippen LogP contribution in [-0.4, -0.2) is 41.4 Å². The van der Waals surface area contributed by atoms with Crippen LogP contribution in [0.4, 0.5) is 5.82 Å². The minimum atomic E-state index is -0.0239. The number of halogens is 1. The molecule has 0 amide bonds. The number of hydrogen-bond acceptors (Lipinski definition) is 5. The summed E-state index contributed by atoms with van der Waals surface area (Å²) in [5, 5.41) is 8.83. The Kier molecular flexibility index (Phi) is 5.68. The first kappa shape index (κ1) is 17.2. The first-order valence-corrected chi connectivity index (χ1v) is 9.03. The Bertz CT molecular complexity index is 688. The highest BCUT2D eigenvalue weighted by atomic mass is 79.9. The molecule has 0 saturated carbocycles. The van der Waals surface area contributed by atoms with Crippen LogP contribution in [0.3, 0.4) is 0 Å². The fraction of sp³-hybridized carbons (Fsp3) is 0.444. The van der Waals surface area contributed by atoms with E-state index < -0.39 is 0 Å². The molecule has 6 heteroatoms. The quantitative estimate of drug-likeness (QED) is 0.846. The van der Waals surface area contributed by atoms with E-state index in [4.69, 9.17) is 9.84 Å². The molecular formula is C18H22BrN3O2. The van der Waals surface area contributed by atoms with Crippen LogP contribution in [0.25, 0.3) is 0 Å². The summed E-state index contributed by atoms with van der Waals surface area (Å²) in [6.45, 7) is 4.26. The van der Waals surface area contributed by atoms with Crippen LogP contribution >= 0.6 is 15.9 Å². The molecule has 1 aromatic carbocycles. The highest BCUT2D eigenvalue weighted by Gasteiger charge is 2.22. The van der Waals surface area contributed by atoms with Gasteiger partial charge in [-0.25, -0.2) is 0 Å². The van der Waals surface area contributed by atoms with Gasteiger partial charge >= 0.3 is 0 Å². The fourth-order valence-corrected chi connectivity index (χ4v) is 3.32. The molecule has 3 rings (SSSR count). The average molecular weight is 392 g/mol. The van der Waals surface area contributed by atoms with Gasteiger partial charge in [0.05, 0.1) is 19.0 Å². The first-order chi connectivity index (χ1) is 11.7. The molecule has 2 heterocycles. The summed E-state index contributed by atoms with van der Waals surface area (Å²) in [6, 6.07) is 6.65. The summed E-state index contributed by atoms with van der Waals surface area (Å²) < 4.78 is 6.51. The molecule has 0 unspecified atom stereocenters. The number of rotatable bonds is 5. The fourth-order valence-electron chi connectivity index (χ4n) is 3.07. The number of ether oxygens (including phenoxy) is 1. The van der Waals surface area contributed by atoms with Gasteiger partial charge in [0.1, 0.15) is 6.61 Å². The van der Waals surface area contributed by atoms with E-state index in [1.165, 1.54) is 15.6 Å². The molecule has 24 heavy (non-hydrogen) atoms. The van der Waals surface area contributed by atoms with Crippen LogP contribution in [0.1, 0.15) is 29.9 Å². The molecule has 0 aliphatic carbocycles. The van der Waals surface area contributed by atoms with Crippen molar-refractivity contribution in [1.29, 1.82) is 0 Å². The highest BCUT2D eigenvalue weighted by molar-refractivity contribution is 9.10. The Morgan fingerprint density at radius 1 is 1.29 bits per heavy atom. The maximum Gasteiger partial charge on any atom is 0.234 e. The largest absolute Gasteiger partial charge is 0.474 e. The van der Waals surface area contributed by atoms with Crippen molar-refractivity contribution in [2.45, 2.75) is 25.7 Å². The number of aliphatic hydroxyl groups is 1. The van der Waals surface area contributed by atoms with Crippen LogP contribution in [0.2, 0.25) is 0 Å². The molecule has 1 aliphatic heterocycles. The topological polar surface area (TPSA) is 58.5 Å². The lowest BCUT2D eigenvalue weighted by Gasteiger charge is -2.33. The van der Waals surface area contributed by atoms with Gasteiger partial charge in [0.2, 0.25) is 5.88 Å². The molecule has 0 radical (unpaired) electrons. The number of aliphatic hydroxyl groups excluding tert-OH is 1. The van der Waals surface area contributed by atoms with E-state index in [9.17, 15) is 0 Å². The lowest BCUT2D eigenvalue weighted by Crippen LogP contribution is -2.33. The van der Waals surface area contributed by atoms with Crippen molar-refractivity contribution < 1.29 is 9.84 Å². The Balaban J connectivity index is 1.63. The van der Waals surface area contributed by atoms with Crippen molar-refractivity contribution in [3.05, 3.63) is 46.2 Å². The van der Waals surface area contributed by atoms with Crippen LogP contribution in [0.5, 0.6) is 5.88 Å². The summed E-state index contributed by atoms with van der Waals surface area (Å²) in [6.07, 6.45) is 5.56. The van der Waals surface area contributed by atoms with Crippen LogP contribution < -0.4 is 9.64 Å². The standard InChI is InChI=1S/C18H22BrN3O2/c1-13-10-15(2-3-16(13)19)14-4-6-22(7-5-14)17-11-20-12-18(21-17)24-9-8-23/h2-3,10-12,14,23H,4-9H2,1H3. The number of hydrogen-bond donors (Lipinski definition) is 1. The van der Waals surface area contributed by atoms with Crippen molar-refractivity contribution >= 4 is 21.7 Å². The van der Waals surface area contributed by atoms with Gasteiger partial charge < -0.3 is 14.7 Å². The number of aromatic nitrogens is 2. The highest BCUT2D eigenvalue weighted by Crippen LogP contribution is 2.31. The summed E-state index contributed by atoms with van der Waals surface area (Å²) in [7, 11) is 0. The molecule has 1 saturated heterocycles. The first-order valence-electron chi connectivity index (χ1n) is 8.24. The summed E-state index contributed by atoms with van der Waals surface area (Å²) in [5.41, 5.74) is 2.70. The van der Waals surface area contributed by atoms with Crippen molar-refractivity contribution in [3.63, 3.8) is 0 Å². The van der Waals surface area contributed by atoms with Gasteiger partial charge in [-0.2, -0.15) is 4.98 Å². The van der Waals surface area contributed by atoms with E-state index >= 15 is 0 Å². The molecule has 1 fully saturated rings. The number of anilines is 1. The van der Waals surface area contributed by atoms with E-state index in [2.05, 4.69) is 55.9 Å². The number of piperidine rings is 1. The van der Waals surface area contributed by atoms with Crippen LogP contribution in [-0.2, 0) is 0 Å². The zero-order valence-electron chi connectivity index (χ0n) is 13.8. The summed E-state index contributed by atoms with van der Waals surface area (Å²) in [5.74, 6) is 1.90. The Hall–Kier alpha value is -1.66. The second-order valence-corrected chi connectivity index (χ2v) is 6.91. The third kappa shape index (κ3) is 4.05. The maximum atomic E-state index is 8.83. The van der Waals surface area contributed by atoms with E-state index in [-0.39, 0.29) is 13.2 Å². The Morgan fingerprint density at radius 3 is 2.79 bits per heavy atom. The number of nitrogens with zero attached hydrogens (tertiary/aromatic N) is 3. The zero-order chi connectivity index (χ0) is 16.9. The SMILES string of the molecule is Cc1cc(C2CCN(c3cncc(OCCO)n3)CC2)ccc1Br. The van der Waals surface area contributed by atoms with Gasteiger partial charge in [0, 0.05) is 17.6 Å². The minimum absolute atomic E-state index is 0.0239. The number of aryl methyl sites for hydroxylation is 1. The van der Waals surface area contributed by atoms with E-state index in [1.54, 1.807) is 12.4 Å². The monoisotopic (exact) mass is 391 g/mol. The second kappa shape index (κ2) is 7.94. The second-order valence-electron chi connectivity index (χ2n) is 6.06. The number of benzene rings is 1. The van der Waals surface area contributed by atoms with Gasteiger partial charge in [0.15, 0.2) is 5.82 Å². The molecule has 5 nitrogen and oxygen atoms in total. The van der Waals surface area contributed by atoms with Crippen molar-refractivity contribution in [2.24, 2.45) is 0 Å². The lowest BCUT2D eigenvalue weighted by molar-refractivity contribution is 0.196. The molecule has 0 atom stereocenters. The van der Waals surface area contributed by atoms with E-state index in [0.717, 1.165) is 31.7 Å². The van der Waals surface area contributed by atoms with Crippen LogP contribution in [0, 0.1) is 6.92 Å². The molecule has 128 valence electrons. The third-order valence-electron chi connectivity index (χ3n) is 4.41. The maximum absolute atomic E-state index is 8.83. The molecule has 2 aromatic rings. The molecule has 1 aromatic heterocycles. The van der Waals surface area contributed by atoms with Crippen molar-refractivity contribution in [1.82, 2.24) is 9.97 Å². The van der Waals surface area contributed by atoms with E-state index in [1.807, 2.05) is 0 Å². The van der Waals surface area contributed by atoms with Crippen LogP contribution in [0.15, 0.2) is 35.1 Å².